The minimum absolute atomic E-state index is 0.106. The van der Waals surface area contributed by atoms with Crippen LogP contribution in [-0.4, -0.2) is 49.2 Å². The molecule has 1 aliphatic carbocycles. The maximum Gasteiger partial charge on any atom is 0.242 e. The van der Waals surface area contributed by atoms with Crippen LogP contribution in [0.1, 0.15) is 26.7 Å². The third-order valence-corrected chi connectivity index (χ3v) is 3.77. The maximum atomic E-state index is 12.4. The van der Waals surface area contributed by atoms with Gasteiger partial charge in [-0.1, -0.05) is 12.1 Å². The SMILES string of the molecule is COCCNC(=O)C(C)NC(=O)C1(C(N)=NO)CC(C)C1. The molecule has 1 rings (SSSR count). The summed E-state index contributed by atoms with van der Waals surface area (Å²) in [4.78, 5) is 24.1. The van der Waals surface area contributed by atoms with Crippen molar-refractivity contribution in [1.29, 1.82) is 0 Å². The summed E-state index contributed by atoms with van der Waals surface area (Å²) in [6.45, 7) is 4.34. The van der Waals surface area contributed by atoms with Gasteiger partial charge in [-0.05, 0) is 25.7 Å². The average Bonchev–Trinajstić information content (AvgIpc) is 2.42. The van der Waals surface area contributed by atoms with Crippen LogP contribution in [0.25, 0.3) is 0 Å². The topological polar surface area (TPSA) is 126 Å². The fourth-order valence-corrected chi connectivity index (χ4v) is 2.57. The summed E-state index contributed by atoms with van der Waals surface area (Å²) in [6.07, 6.45) is 1.01. The van der Waals surface area contributed by atoms with Crippen molar-refractivity contribution in [3.8, 4) is 0 Å². The Hall–Kier alpha value is -1.83. The number of nitrogens with one attached hydrogen (secondary N) is 2. The lowest BCUT2D eigenvalue weighted by atomic mass is 9.61. The highest BCUT2D eigenvalue weighted by Crippen LogP contribution is 2.45. The van der Waals surface area contributed by atoms with Gasteiger partial charge in [0.1, 0.15) is 11.5 Å². The smallest absolute Gasteiger partial charge is 0.242 e. The van der Waals surface area contributed by atoms with E-state index in [2.05, 4.69) is 15.8 Å². The number of nitrogens with zero attached hydrogens (tertiary/aromatic N) is 1. The van der Waals surface area contributed by atoms with E-state index in [1.54, 1.807) is 6.92 Å². The number of methoxy groups -OCH3 is 1. The lowest BCUT2D eigenvalue weighted by Gasteiger charge is -2.44. The second kappa shape index (κ2) is 7.26. The molecular weight excluding hydrogens is 276 g/mol. The van der Waals surface area contributed by atoms with Gasteiger partial charge < -0.3 is 26.3 Å². The van der Waals surface area contributed by atoms with Gasteiger partial charge >= 0.3 is 0 Å². The van der Waals surface area contributed by atoms with Crippen LogP contribution in [0.3, 0.4) is 0 Å². The molecule has 1 aliphatic rings. The van der Waals surface area contributed by atoms with E-state index in [0.717, 1.165) is 0 Å². The molecule has 0 bridgehead atoms. The Balaban J connectivity index is 2.60. The van der Waals surface area contributed by atoms with Gasteiger partial charge in [-0.25, -0.2) is 0 Å². The molecule has 0 aromatic rings. The first-order chi connectivity index (χ1) is 9.87. The number of hydrogen-bond acceptors (Lipinski definition) is 5. The zero-order chi connectivity index (χ0) is 16.0. The van der Waals surface area contributed by atoms with E-state index in [-0.39, 0.29) is 17.6 Å². The van der Waals surface area contributed by atoms with Crippen LogP contribution >= 0.6 is 0 Å². The summed E-state index contributed by atoms with van der Waals surface area (Å²) in [5.41, 5.74) is 4.64. The molecule has 120 valence electrons. The number of amidine groups is 1. The van der Waals surface area contributed by atoms with Crippen molar-refractivity contribution in [1.82, 2.24) is 10.6 Å². The monoisotopic (exact) mass is 300 g/mol. The Morgan fingerprint density at radius 1 is 1.52 bits per heavy atom. The van der Waals surface area contributed by atoms with E-state index >= 15 is 0 Å². The highest BCUT2D eigenvalue weighted by Gasteiger charge is 2.52. The highest BCUT2D eigenvalue weighted by molar-refractivity contribution is 6.08. The molecule has 0 aromatic carbocycles. The summed E-state index contributed by atoms with van der Waals surface area (Å²) in [6, 6.07) is -0.700. The standard InChI is InChI=1S/C13H24N4O4/c1-8-6-13(7-8,11(14)17-20)12(19)16-9(2)10(18)15-4-5-21-3/h8-9,20H,4-7H2,1-3H3,(H2,14,17)(H,15,18)(H,16,19). The van der Waals surface area contributed by atoms with Crippen LogP contribution in [0.5, 0.6) is 0 Å². The Bertz CT molecular complexity index is 418. The summed E-state index contributed by atoms with van der Waals surface area (Å²) in [5.74, 6) is -0.473. The van der Waals surface area contributed by atoms with Crippen molar-refractivity contribution in [3.63, 3.8) is 0 Å². The summed E-state index contributed by atoms with van der Waals surface area (Å²) in [7, 11) is 1.54. The number of hydrogen-bond donors (Lipinski definition) is 4. The van der Waals surface area contributed by atoms with Crippen molar-refractivity contribution in [2.24, 2.45) is 22.2 Å². The van der Waals surface area contributed by atoms with Crippen molar-refractivity contribution in [2.75, 3.05) is 20.3 Å². The van der Waals surface area contributed by atoms with Gasteiger partial charge in [0.05, 0.1) is 6.61 Å². The number of oxime groups is 1. The second-order valence-electron chi connectivity index (χ2n) is 5.56. The Labute approximate surface area is 124 Å². The Morgan fingerprint density at radius 3 is 2.62 bits per heavy atom. The number of ether oxygens (including phenoxy) is 1. The molecule has 2 amide bonds. The minimum atomic E-state index is -1.00. The molecule has 8 nitrogen and oxygen atoms in total. The van der Waals surface area contributed by atoms with Gasteiger partial charge in [0.25, 0.3) is 0 Å². The molecule has 0 aliphatic heterocycles. The maximum absolute atomic E-state index is 12.4. The second-order valence-corrected chi connectivity index (χ2v) is 5.56. The molecule has 0 heterocycles. The molecule has 1 unspecified atom stereocenters. The van der Waals surface area contributed by atoms with E-state index in [1.807, 2.05) is 6.92 Å². The van der Waals surface area contributed by atoms with Gasteiger partial charge in [-0.15, -0.1) is 0 Å². The number of amides is 2. The van der Waals surface area contributed by atoms with Gasteiger partial charge in [0.15, 0.2) is 5.84 Å². The van der Waals surface area contributed by atoms with Crippen molar-refractivity contribution in [3.05, 3.63) is 0 Å². The van der Waals surface area contributed by atoms with Crippen LogP contribution < -0.4 is 16.4 Å². The normalized spacial score (nSPS) is 26.6. The number of carbonyl (C=O) groups is 2. The van der Waals surface area contributed by atoms with Gasteiger partial charge in [-0.2, -0.15) is 0 Å². The molecule has 21 heavy (non-hydrogen) atoms. The summed E-state index contributed by atoms with van der Waals surface area (Å²) in [5, 5.41) is 17.1. The van der Waals surface area contributed by atoms with Crippen molar-refractivity contribution >= 4 is 17.6 Å². The van der Waals surface area contributed by atoms with E-state index in [1.165, 1.54) is 7.11 Å². The molecule has 5 N–H and O–H groups in total. The molecule has 1 saturated carbocycles. The molecule has 8 heteroatoms. The summed E-state index contributed by atoms with van der Waals surface area (Å²) < 4.78 is 4.83. The number of carbonyl (C=O) groups excluding carboxylic acids is 2. The van der Waals surface area contributed by atoms with E-state index < -0.39 is 11.5 Å². The Kier molecular flexibility index (Phi) is 5.95. The third kappa shape index (κ3) is 3.84. The first kappa shape index (κ1) is 17.2. The predicted octanol–water partition coefficient (Wildman–Crippen LogP) is -0.584. The molecule has 1 atom stereocenters. The third-order valence-electron chi connectivity index (χ3n) is 3.77. The van der Waals surface area contributed by atoms with Crippen LogP contribution in [0, 0.1) is 11.3 Å². The number of nitrogens with two attached hydrogens (primary N) is 1. The molecule has 1 fully saturated rings. The zero-order valence-electron chi connectivity index (χ0n) is 12.7. The van der Waals surface area contributed by atoms with Gasteiger partial charge in [0, 0.05) is 13.7 Å². The van der Waals surface area contributed by atoms with Crippen LogP contribution in [0.15, 0.2) is 5.16 Å². The van der Waals surface area contributed by atoms with Crippen LogP contribution in [0.4, 0.5) is 0 Å². The predicted molar refractivity (Wildman–Crippen MR) is 76.7 cm³/mol. The van der Waals surface area contributed by atoms with E-state index in [4.69, 9.17) is 15.7 Å². The van der Waals surface area contributed by atoms with Crippen molar-refractivity contribution in [2.45, 2.75) is 32.7 Å². The van der Waals surface area contributed by atoms with Gasteiger partial charge in [-0.3, -0.25) is 9.59 Å². The quantitative estimate of drug-likeness (QED) is 0.164. The Morgan fingerprint density at radius 2 is 2.14 bits per heavy atom. The summed E-state index contributed by atoms with van der Waals surface area (Å²) >= 11 is 0. The molecule has 0 saturated heterocycles. The van der Waals surface area contributed by atoms with Crippen LogP contribution in [-0.2, 0) is 14.3 Å². The minimum Gasteiger partial charge on any atom is -0.409 e. The van der Waals surface area contributed by atoms with Gasteiger partial charge in [0.2, 0.25) is 11.8 Å². The fourth-order valence-electron chi connectivity index (χ4n) is 2.57. The largest absolute Gasteiger partial charge is 0.409 e. The van der Waals surface area contributed by atoms with E-state index in [9.17, 15) is 9.59 Å². The first-order valence-electron chi connectivity index (χ1n) is 6.93. The molecule has 0 aromatic heterocycles. The van der Waals surface area contributed by atoms with Crippen LogP contribution in [0.2, 0.25) is 0 Å². The lowest BCUT2D eigenvalue weighted by molar-refractivity contribution is -0.136. The highest BCUT2D eigenvalue weighted by atomic mass is 16.5. The fraction of sp³-hybridized carbons (Fsp3) is 0.769. The van der Waals surface area contributed by atoms with Crippen molar-refractivity contribution < 1.29 is 19.5 Å². The van der Waals surface area contributed by atoms with E-state index in [0.29, 0.717) is 31.9 Å². The number of rotatable bonds is 7. The zero-order valence-corrected chi connectivity index (χ0v) is 12.7. The molecular formula is C13H24N4O4. The molecule has 0 spiro atoms. The molecule has 0 radical (unpaired) electrons. The average molecular weight is 300 g/mol. The first-order valence-corrected chi connectivity index (χ1v) is 6.93. The lowest BCUT2D eigenvalue weighted by Crippen LogP contribution is -2.59.